The Labute approximate surface area is 111 Å². The van der Waals surface area contributed by atoms with Crippen molar-refractivity contribution < 1.29 is 14.3 Å². The van der Waals surface area contributed by atoms with Gasteiger partial charge in [0.25, 0.3) is 0 Å². The molecular weight excluding hydrogens is 303 g/mol. The summed E-state index contributed by atoms with van der Waals surface area (Å²) in [7, 11) is 0. The first-order valence-electron chi connectivity index (χ1n) is 4.97. The summed E-state index contributed by atoms with van der Waals surface area (Å²) >= 11 is 3.06. The molecule has 0 saturated heterocycles. The number of pyridine rings is 1. The first kappa shape index (κ1) is 12.5. The third-order valence-electron chi connectivity index (χ3n) is 2.25. The summed E-state index contributed by atoms with van der Waals surface area (Å²) in [4.78, 5) is 14.7. The van der Waals surface area contributed by atoms with E-state index in [1.165, 1.54) is 30.6 Å². The molecule has 0 spiro atoms. The number of aromatic carboxylic acids is 1. The van der Waals surface area contributed by atoms with E-state index in [1.54, 1.807) is 6.07 Å². The third kappa shape index (κ3) is 2.65. The molecule has 1 heterocycles. The monoisotopic (exact) mass is 310 g/mol. The smallest absolute Gasteiger partial charge is 0.339 e. The Balaban J connectivity index is 2.34. The van der Waals surface area contributed by atoms with Gasteiger partial charge in [0, 0.05) is 18.1 Å². The molecule has 0 fully saturated rings. The van der Waals surface area contributed by atoms with Crippen LogP contribution < -0.4 is 5.32 Å². The fraction of sp³-hybridized carbons (Fsp3) is 0. The maximum Gasteiger partial charge on any atom is 0.339 e. The van der Waals surface area contributed by atoms with Gasteiger partial charge >= 0.3 is 5.97 Å². The highest BCUT2D eigenvalue weighted by Gasteiger charge is 2.10. The van der Waals surface area contributed by atoms with E-state index in [0.29, 0.717) is 15.8 Å². The number of aromatic nitrogens is 1. The average Bonchev–Trinajstić information content (AvgIpc) is 2.34. The maximum atomic E-state index is 13.1. The van der Waals surface area contributed by atoms with Gasteiger partial charge in [-0.2, -0.15) is 0 Å². The highest BCUT2D eigenvalue weighted by Crippen LogP contribution is 2.24. The van der Waals surface area contributed by atoms with E-state index >= 15 is 0 Å². The molecule has 0 atom stereocenters. The van der Waals surface area contributed by atoms with Crippen LogP contribution in [-0.4, -0.2) is 16.1 Å². The van der Waals surface area contributed by atoms with Gasteiger partial charge in [0.15, 0.2) is 0 Å². The van der Waals surface area contributed by atoms with Crippen molar-refractivity contribution in [2.24, 2.45) is 0 Å². The van der Waals surface area contributed by atoms with E-state index in [4.69, 9.17) is 5.11 Å². The number of hydrogen-bond donors (Lipinski definition) is 2. The zero-order chi connectivity index (χ0) is 13.1. The van der Waals surface area contributed by atoms with Gasteiger partial charge in [-0.25, -0.2) is 9.18 Å². The number of hydrogen-bond acceptors (Lipinski definition) is 3. The Morgan fingerprint density at radius 3 is 2.83 bits per heavy atom. The Morgan fingerprint density at radius 2 is 2.17 bits per heavy atom. The van der Waals surface area contributed by atoms with Crippen LogP contribution in [0.5, 0.6) is 0 Å². The molecule has 0 saturated carbocycles. The number of carboxylic acid groups (broad SMARTS) is 1. The fourth-order valence-corrected chi connectivity index (χ4v) is 1.78. The summed E-state index contributed by atoms with van der Waals surface area (Å²) in [5.41, 5.74) is 1.03. The molecule has 1 aromatic heterocycles. The van der Waals surface area contributed by atoms with Crippen LogP contribution in [0.15, 0.2) is 41.1 Å². The maximum absolute atomic E-state index is 13.1. The molecule has 2 N–H and O–H groups in total. The topological polar surface area (TPSA) is 62.2 Å². The van der Waals surface area contributed by atoms with E-state index in [2.05, 4.69) is 26.2 Å². The molecule has 0 aliphatic carbocycles. The highest BCUT2D eigenvalue weighted by atomic mass is 79.9. The number of carbonyl (C=O) groups is 1. The van der Waals surface area contributed by atoms with Gasteiger partial charge < -0.3 is 10.4 Å². The van der Waals surface area contributed by atoms with Crippen LogP contribution >= 0.6 is 15.9 Å². The summed E-state index contributed by atoms with van der Waals surface area (Å²) in [6, 6.07) is 5.88. The fourth-order valence-electron chi connectivity index (χ4n) is 1.40. The normalized spacial score (nSPS) is 10.1. The number of nitrogens with zero attached hydrogens (tertiary/aromatic N) is 1. The lowest BCUT2D eigenvalue weighted by molar-refractivity contribution is 0.0697. The molecule has 1 aromatic carbocycles. The molecule has 0 aliphatic heterocycles. The number of nitrogens with one attached hydrogen (secondary N) is 1. The summed E-state index contributed by atoms with van der Waals surface area (Å²) in [5.74, 6) is -1.46. The van der Waals surface area contributed by atoms with Crippen LogP contribution in [0.3, 0.4) is 0 Å². The number of halogens is 2. The predicted octanol–water partition coefficient (Wildman–Crippen LogP) is 3.43. The predicted molar refractivity (Wildman–Crippen MR) is 68.6 cm³/mol. The highest BCUT2D eigenvalue weighted by molar-refractivity contribution is 9.10. The molecule has 0 unspecified atom stereocenters. The molecule has 0 bridgehead atoms. The van der Waals surface area contributed by atoms with Crippen molar-refractivity contribution in [1.29, 1.82) is 0 Å². The van der Waals surface area contributed by atoms with E-state index in [-0.39, 0.29) is 11.4 Å². The Kier molecular flexibility index (Phi) is 3.57. The van der Waals surface area contributed by atoms with Gasteiger partial charge in [-0.05, 0) is 40.2 Å². The molecule has 0 amide bonds. The van der Waals surface area contributed by atoms with Crippen molar-refractivity contribution in [1.82, 2.24) is 4.98 Å². The van der Waals surface area contributed by atoms with Crippen molar-refractivity contribution in [3.63, 3.8) is 0 Å². The van der Waals surface area contributed by atoms with Crippen LogP contribution in [-0.2, 0) is 0 Å². The molecule has 0 radical (unpaired) electrons. The van der Waals surface area contributed by atoms with E-state index in [1.807, 2.05) is 0 Å². The number of anilines is 2. The molecule has 2 rings (SSSR count). The van der Waals surface area contributed by atoms with E-state index in [9.17, 15) is 9.18 Å². The zero-order valence-corrected chi connectivity index (χ0v) is 10.6. The second kappa shape index (κ2) is 5.14. The minimum atomic E-state index is -1.08. The second-order valence-electron chi connectivity index (χ2n) is 3.48. The van der Waals surface area contributed by atoms with E-state index in [0.717, 1.165) is 0 Å². The molecule has 92 valence electrons. The Bertz CT molecular complexity index is 604. The van der Waals surface area contributed by atoms with Crippen LogP contribution in [0.4, 0.5) is 15.8 Å². The number of rotatable bonds is 3. The quantitative estimate of drug-likeness (QED) is 0.911. The molecule has 6 heteroatoms. The van der Waals surface area contributed by atoms with Gasteiger partial charge in [0.2, 0.25) is 0 Å². The summed E-state index contributed by atoms with van der Waals surface area (Å²) in [6.45, 7) is 0. The van der Waals surface area contributed by atoms with Crippen molar-refractivity contribution in [2.75, 3.05) is 5.32 Å². The van der Waals surface area contributed by atoms with Gasteiger partial charge in [-0.15, -0.1) is 0 Å². The molecular formula is C12H8BrFN2O2. The van der Waals surface area contributed by atoms with E-state index < -0.39 is 5.97 Å². The van der Waals surface area contributed by atoms with Crippen LogP contribution in [0.2, 0.25) is 0 Å². The van der Waals surface area contributed by atoms with Crippen molar-refractivity contribution >= 4 is 33.3 Å². The Hall–Kier alpha value is -1.95. The van der Waals surface area contributed by atoms with Crippen LogP contribution in [0.25, 0.3) is 0 Å². The summed E-state index contributed by atoms with van der Waals surface area (Å²) in [5, 5.41) is 11.9. The van der Waals surface area contributed by atoms with Gasteiger partial charge in [-0.3, -0.25) is 4.98 Å². The lowest BCUT2D eigenvalue weighted by Crippen LogP contribution is -2.03. The van der Waals surface area contributed by atoms with Crippen LogP contribution in [0.1, 0.15) is 10.4 Å². The largest absolute Gasteiger partial charge is 0.478 e. The molecule has 2 aromatic rings. The van der Waals surface area contributed by atoms with Crippen molar-refractivity contribution in [3.05, 3.63) is 52.5 Å². The molecule has 18 heavy (non-hydrogen) atoms. The number of carboxylic acids is 1. The average molecular weight is 311 g/mol. The summed E-state index contributed by atoms with van der Waals surface area (Å²) < 4.78 is 13.4. The van der Waals surface area contributed by atoms with Crippen LogP contribution in [0, 0.1) is 5.82 Å². The van der Waals surface area contributed by atoms with Gasteiger partial charge in [0.05, 0.1) is 10.2 Å². The molecule has 0 aliphatic rings. The Morgan fingerprint density at radius 1 is 1.39 bits per heavy atom. The first-order chi connectivity index (χ1) is 8.58. The third-order valence-corrected chi connectivity index (χ3v) is 2.86. The molecule has 4 nitrogen and oxygen atoms in total. The minimum absolute atomic E-state index is 0.0537. The first-order valence-corrected chi connectivity index (χ1v) is 5.76. The SMILES string of the molecule is O=C(O)c1cnccc1Nc1ccc(F)c(Br)c1. The second-order valence-corrected chi connectivity index (χ2v) is 4.33. The van der Waals surface area contributed by atoms with Gasteiger partial charge in [-0.1, -0.05) is 0 Å². The van der Waals surface area contributed by atoms with Gasteiger partial charge in [0.1, 0.15) is 11.4 Å². The summed E-state index contributed by atoms with van der Waals surface area (Å²) in [6.07, 6.45) is 2.73. The number of benzene rings is 1. The van der Waals surface area contributed by atoms with Crippen molar-refractivity contribution in [2.45, 2.75) is 0 Å². The lowest BCUT2D eigenvalue weighted by Gasteiger charge is -2.09. The lowest BCUT2D eigenvalue weighted by atomic mass is 10.2. The standard InChI is InChI=1S/C12H8BrFN2O2/c13-9-5-7(1-2-10(9)14)16-11-3-4-15-6-8(11)12(17)18/h1-6H,(H,15,16)(H,17,18). The van der Waals surface area contributed by atoms with Crippen molar-refractivity contribution in [3.8, 4) is 0 Å². The minimum Gasteiger partial charge on any atom is -0.478 e. The zero-order valence-electron chi connectivity index (χ0n) is 9.02.